The van der Waals surface area contributed by atoms with Crippen molar-refractivity contribution in [1.82, 2.24) is 25.2 Å². The molecule has 7 nitrogen and oxygen atoms in total. The number of fused-ring (bicyclic) bond motifs is 1. The number of amides is 2. The second-order valence-electron chi connectivity index (χ2n) is 5.75. The van der Waals surface area contributed by atoms with E-state index in [1.807, 2.05) is 0 Å². The normalized spacial score (nSPS) is 17.6. The van der Waals surface area contributed by atoms with Crippen LogP contribution in [0.15, 0.2) is 18.6 Å². The van der Waals surface area contributed by atoms with Gasteiger partial charge in [-0.15, -0.1) is 0 Å². The molecule has 1 atom stereocenters. The molecule has 0 spiro atoms. The zero-order valence-corrected chi connectivity index (χ0v) is 12.8. The molecular weight excluding hydrogens is 320 g/mol. The number of rotatable bonds is 5. The molecule has 1 aliphatic rings. The highest BCUT2D eigenvalue weighted by molar-refractivity contribution is 6.03. The maximum Gasteiger partial charge on any atom is 0.315 e. The molecule has 128 valence electrons. The molecule has 0 saturated carbocycles. The molecule has 2 N–H and O–H groups in total. The minimum atomic E-state index is -2.99. The van der Waals surface area contributed by atoms with Crippen LogP contribution in [0.25, 0.3) is 11.0 Å². The van der Waals surface area contributed by atoms with Crippen LogP contribution in [-0.4, -0.2) is 57.7 Å². The van der Waals surface area contributed by atoms with Crippen molar-refractivity contribution in [3.05, 3.63) is 24.3 Å². The number of halogens is 2. The predicted molar refractivity (Wildman–Crippen MR) is 81.5 cm³/mol. The molecule has 0 aromatic carbocycles. The number of hydrogen-bond donors (Lipinski definition) is 2. The first-order valence-corrected chi connectivity index (χ1v) is 7.69. The van der Waals surface area contributed by atoms with Gasteiger partial charge in [-0.05, 0) is 24.8 Å². The van der Waals surface area contributed by atoms with E-state index >= 15 is 0 Å². The lowest BCUT2D eigenvalue weighted by Gasteiger charge is -2.16. The van der Waals surface area contributed by atoms with Gasteiger partial charge in [0.1, 0.15) is 17.7 Å². The standard InChI is InChI=1S/C15H17F2N5O2/c16-12(17)14(23)19-4-1-9-3-6-22(7-9)15(24)11-10-2-5-18-13(10)21-8-20-11/h2,5,8-9,12H,1,3-4,6-7H2,(H,19,23)(H,18,20,21). The van der Waals surface area contributed by atoms with Gasteiger partial charge in [0.2, 0.25) is 0 Å². The Morgan fingerprint density at radius 1 is 1.42 bits per heavy atom. The first-order chi connectivity index (χ1) is 11.6. The van der Waals surface area contributed by atoms with Crippen LogP contribution in [0.2, 0.25) is 0 Å². The highest BCUT2D eigenvalue weighted by Crippen LogP contribution is 2.22. The summed E-state index contributed by atoms with van der Waals surface area (Å²) in [4.78, 5) is 36.2. The first-order valence-electron chi connectivity index (χ1n) is 7.69. The highest BCUT2D eigenvalue weighted by atomic mass is 19.3. The van der Waals surface area contributed by atoms with Gasteiger partial charge in [0.05, 0.1) is 5.39 Å². The summed E-state index contributed by atoms with van der Waals surface area (Å²) in [6, 6.07) is 1.76. The number of alkyl halides is 2. The first kappa shape index (κ1) is 16.3. The Balaban J connectivity index is 1.56. The number of aromatic nitrogens is 3. The van der Waals surface area contributed by atoms with Crippen molar-refractivity contribution >= 4 is 22.8 Å². The topological polar surface area (TPSA) is 91.0 Å². The van der Waals surface area contributed by atoms with E-state index < -0.39 is 12.3 Å². The summed E-state index contributed by atoms with van der Waals surface area (Å²) in [6.07, 6.45) is 1.39. The smallest absolute Gasteiger partial charge is 0.315 e. The minimum absolute atomic E-state index is 0.166. The van der Waals surface area contributed by atoms with Crippen molar-refractivity contribution < 1.29 is 18.4 Å². The van der Waals surface area contributed by atoms with Gasteiger partial charge in [0.25, 0.3) is 11.8 Å². The lowest BCUT2D eigenvalue weighted by atomic mass is 10.1. The van der Waals surface area contributed by atoms with Crippen LogP contribution in [0.5, 0.6) is 0 Å². The lowest BCUT2D eigenvalue weighted by Crippen LogP contribution is -2.32. The molecule has 1 aliphatic heterocycles. The van der Waals surface area contributed by atoms with Crippen molar-refractivity contribution in [2.45, 2.75) is 19.3 Å². The lowest BCUT2D eigenvalue weighted by molar-refractivity contribution is -0.131. The third kappa shape index (κ3) is 3.34. The third-order valence-corrected chi connectivity index (χ3v) is 4.18. The molecule has 1 fully saturated rings. The fraction of sp³-hybridized carbons (Fsp3) is 0.467. The van der Waals surface area contributed by atoms with Gasteiger partial charge in [0, 0.05) is 25.8 Å². The van der Waals surface area contributed by atoms with E-state index in [4.69, 9.17) is 0 Å². The average Bonchev–Trinajstić information content (AvgIpc) is 3.22. The van der Waals surface area contributed by atoms with Crippen LogP contribution in [0.1, 0.15) is 23.3 Å². The number of carbonyl (C=O) groups is 2. The molecule has 2 amide bonds. The second-order valence-corrected chi connectivity index (χ2v) is 5.75. The van der Waals surface area contributed by atoms with E-state index in [2.05, 4.69) is 20.3 Å². The van der Waals surface area contributed by atoms with Crippen LogP contribution in [0.3, 0.4) is 0 Å². The van der Waals surface area contributed by atoms with Crippen molar-refractivity contribution in [1.29, 1.82) is 0 Å². The number of nitrogens with zero attached hydrogens (tertiary/aromatic N) is 3. The van der Waals surface area contributed by atoms with Gasteiger partial charge in [-0.25, -0.2) is 9.97 Å². The molecule has 24 heavy (non-hydrogen) atoms. The van der Waals surface area contributed by atoms with Crippen LogP contribution in [0, 0.1) is 5.92 Å². The number of nitrogens with one attached hydrogen (secondary N) is 2. The number of carbonyl (C=O) groups excluding carboxylic acids is 2. The van der Waals surface area contributed by atoms with Gasteiger partial charge in [0.15, 0.2) is 0 Å². The van der Waals surface area contributed by atoms with E-state index in [-0.39, 0.29) is 18.4 Å². The van der Waals surface area contributed by atoms with E-state index in [0.29, 0.717) is 36.2 Å². The van der Waals surface area contributed by atoms with E-state index in [1.54, 1.807) is 17.2 Å². The Bertz CT molecular complexity index is 748. The SMILES string of the molecule is O=C(NCCC1CCN(C(=O)c2ncnc3[nH]ccc23)C1)C(F)F. The van der Waals surface area contributed by atoms with E-state index in [9.17, 15) is 18.4 Å². The molecule has 9 heteroatoms. The van der Waals surface area contributed by atoms with Crippen molar-refractivity contribution in [3.63, 3.8) is 0 Å². The molecule has 3 heterocycles. The zero-order valence-electron chi connectivity index (χ0n) is 12.8. The quantitative estimate of drug-likeness (QED) is 0.857. The van der Waals surface area contributed by atoms with E-state index in [0.717, 1.165) is 6.42 Å². The predicted octanol–water partition coefficient (Wildman–Crippen LogP) is 1.19. The molecule has 1 unspecified atom stereocenters. The van der Waals surface area contributed by atoms with Crippen LogP contribution >= 0.6 is 0 Å². The molecule has 3 rings (SSSR count). The summed E-state index contributed by atoms with van der Waals surface area (Å²) in [6.45, 7) is 1.30. The Hall–Kier alpha value is -2.58. The van der Waals surface area contributed by atoms with Gasteiger partial charge < -0.3 is 15.2 Å². The van der Waals surface area contributed by atoms with Gasteiger partial charge in [-0.1, -0.05) is 0 Å². The van der Waals surface area contributed by atoms with Crippen molar-refractivity contribution in [2.75, 3.05) is 19.6 Å². The fourth-order valence-electron chi connectivity index (χ4n) is 2.92. The number of aromatic amines is 1. The zero-order chi connectivity index (χ0) is 17.1. The molecular formula is C15H17F2N5O2. The van der Waals surface area contributed by atoms with Crippen LogP contribution in [0.4, 0.5) is 8.78 Å². The average molecular weight is 337 g/mol. The minimum Gasteiger partial charge on any atom is -0.351 e. The Morgan fingerprint density at radius 2 is 2.25 bits per heavy atom. The summed E-state index contributed by atoms with van der Waals surface area (Å²) in [5.41, 5.74) is 0.965. The van der Waals surface area contributed by atoms with Gasteiger partial charge in [-0.3, -0.25) is 9.59 Å². The van der Waals surface area contributed by atoms with E-state index in [1.165, 1.54) is 6.33 Å². The van der Waals surface area contributed by atoms with Crippen LogP contribution in [-0.2, 0) is 4.79 Å². The van der Waals surface area contributed by atoms with Crippen molar-refractivity contribution in [2.24, 2.45) is 5.92 Å². The van der Waals surface area contributed by atoms with Crippen molar-refractivity contribution in [3.8, 4) is 0 Å². The van der Waals surface area contributed by atoms with Gasteiger partial charge >= 0.3 is 6.43 Å². The fourth-order valence-corrected chi connectivity index (χ4v) is 2.92. The maximum absolute atomic E-state index is 12.6. The molecule has 1 saturated heterocycles. The monoisotopic (exact) mass is 337 g/mol. The Kier molecular flexibility index (Phi) is 4.68. The molecule has 0 radical (unpaired) electrons. The largest absolute Gasteiger partial charge is 0.351 e. The number of likely N-dealkylation sites (tertiary alicyclic amines) is 1. The second kappa shape index (κ2) is 6.90. The van der Waals surface area contributed by atoms with Crippen LogP contribution < -0.4 is 5.32 Å². The number of hydrogen-bond acceptors (Lipinski definition) is 4. The highest BCUT2D eigenvalue weighted by Gasteiger charge is 2.28. The number of H-pyrrole nitrogens is 1. The molecule has 0 bridgehead atoms. The summed E-state index contributed by atoms with van der Waals surface area (Å²) < 4.78 is 24.2. The summed E-state index contributed by atoms with van der Waals surface area (Å²) in [7, 11) is 0. The molecule has 0 aliphatic carbocycles. The van der Waals surface area contributed by atoms with Gasteiger partial charge in [-0.2, -0.15) is 8.78 Å². The third-order valence-electron chi connectivity index (χ3n) is 4.18. The molecule has 2 aromatic heterocycles. The summed E-state index contributed by atoms with van der Waals surface area (Å²) in [5, 5.41) is 2.86. The molecule has 2 aromatic rings. The Morgan fingerprint density at radius 3 is 3.04 bits per heavy atom. The Labute approximate surface area is 136 Å². The summed E-state index contributed by atoms with van der Waals surface area (Å²) in [5.74, 6) is -1.24. The maximum atomic E-state index is 12.6. The summed E-state index contributed by atoms with van der Waals surface area (Å²) >= 11 is 0.